The summed E-state index contributed by atoms with van der Waals surface area (Å²) in [5.41, 5.74) is 5.04. The highest BCUT2D eigenvalue weighted by Crippen LogP contribution is 2.26. The molecule has 0 atom stereocenters. The van der Waals surface area contributed by atoms with Gasteiger partial charge in [0.15, 0.2) is 5.65 Å². The monoisotopic (exact) mass is 447 g/mol. The molecular weight excluding hydrogens is 422 g/mol. The van der Waals surface area contributed by atoms with Crippen LogP contribution in [0, 0.1) is 6.92 Å². The van der Waals surface area contributed by atoms with Gasteiger partial charge in [-0.2, -0.15) is 0 Å². The minimum absolute atomic E-state index is 0.341. The van der Waals surface area contributed by atoms with Crippen molar-refractivity contribution in [2.24, 2.45) is 0 Å². The first-order valence-corrected chi connectivity index (χ1v) is 11.1. The van der Waals surface area contributed by atoms with Gasteiger partial charge in [-0.3, -0.25) is 0 Å². The Morgan fingerprint density at radius 2 is 1.81 bits per heavy atom. The summed E-state index contributed by atoms with van der Waals surface area (Å²) in [6, 6.07) is 16.9. The number of unbranched alkanes of at least 4 members (excludes halogenated alkanes) is 1. The van der Waals surface area contributed by atoms with E-state index in [1.807, 2.05) is 25.1 Å². The average Bonchev–Trinajstić information content (AvgIpc) is 3.14. The Hall–Kier alpha value is -3.38. The quantitative estimate of drug-likeness (QED) is 0.343. The van der Waals surface area contributed by atoms with Crippen LogP contribution in [0.4, 0.5) is 16.2 Å². The van der Waals surface area contributed by atoms with E-state index in [1.54, 1.807) is 30.5 Å². The Labute approximate surface area is 192 Å². The number of aryl methyl sites for hydroxylation is 2. The Kier molecular flexibility index (Phi) is 6.71. The zero-order chi connectivity index (χ0) is 22.5. The topological polar surface area (TPSA) is 71.8 Å². The second-order valence-corrected chi connectivity index (χ2v) is 8.19. The highest BCUT2D eigenvalue weighted by molar-refractivity contribution is 6.30. The summed E-state index contributed by atoms with van der Waals surface area (Å²) in [5, 5.41) is 6.32. The van der Waals surface area contributed by atoms with Crippen LogP contribution in [-0.2, 0) is 13.0 Å². The number of carbonyl (C=O) groups is 1. The number of amides is 2. The second kappa shape index (κ2) is 9.83. The fourth-order valence-electron chi connectivity index (χ4n) is 3.62. The van der Waals surface area contributed by atoms with Gasteiger partial charge in [0.05, 0.1) is 18.4 Å². The number of imidazole rings is 1. The van der Waals surface area contributed by atoms with Crippen LogP contribution in [0.5, 0.6) is 0 Å². The molecule has 2 aromatic carbocycles. The largest absolute Gasteiger partial charge is 0.323 e. The summed E-state index contributed by atoms with van der Waals surface area (Å²) in [7, 11) is 0. The lowest BCUT2D eigenvalue weighted by Gasteiger charge is -2.11. The van der Waals surface area contributed by atoms with Crippen molar-refractivity contribution >= 4 is 40.2 Å². The number of urea groups is 1. The molecule has 0 fully saturated rings. The van der Waals surface area contributed by atoms with Gasteiger partial charge >= 0.3 is 6.03 Å². The van der Waals surface area contributed by atoms with Gasteiger partial charge in [0.1, 0.15) is 11.3 Å². The second-order valence-electron chi connectivity index (χ2n) is 7.76. The van der Waals surface area contributed by atoms with E-state index in [9.17, 15) is 4.79 Å². The molecule has 0 bridgehead atoms. The normalized spacial score (nSPS) is 11.0. The number of nitrogens with zero attached hydrogens (tertiary/aromatic N) is 3. The maximum Gasteiger partial charge on any atom is 0.323 e. The maximum atomic E-state index is 12.5. The van der Waals surface area contributed by atoms with Crippen LogP contribution in [0.1, 0.15) is 36.7 Å². The van der Waals surface area contributed by atoms with Crippen LogP contribution in [0.25, 0.3) is 11.2 Å². The van der Waals surface area contributed by atoms with Gasteiger partial charge in [0, 0.05) is 22.7 Å². The van der Waals surface area contributed by atoms with Crippen molar-refractivity contribution in [2.45, 2.75) is 39.7 Å². The molecule has 0 aliphatic rings. The predicted octanol–water partition coefficient (Wildman–Crippen LogP) is 6.43. The van der Waals surface area contributed by atoms with Crippen molar-refractivity contribution in [3.05, 3.63) is 82.8 Å². The van der Waals surface area contributed by atoms with Crippen molar-refractivity contribution in [3.63, 3.8) is 0 Å². The molecule has 2 aromatic heterocycles. The number of carbonyl (C=O) groups excluding carboxylic acids is 1. The minimum atomic E-state index is -0.341. The molecule has 2 N–H and O–H groups in total. The summed E-state index contributed by atoms with van der Waals surface area (Å²) in [5.74, 6) is 1.02. The maximum absolute atomic E-state index is 12.5. The van der Waals surface area contributed by atoms with Gasteiger partial charge in [-0.25, -0.2) is 14.8 Å². The van der Waals surface area contributed by atoms with Gasteiger partial charge in [-0.15, -0.1) is 0 Å². The van der Waals surface area contributed by atoms with Crippen LogP contribution < -0.4 is 10.6 Å². The van der Waals surface area contributed by atoms with Crippen LogP contribution >= 0.6 is 11.6 Å². The molecule has 4 aromatic rings. The third-order valence-electron chi connectivity index (χ3n) is 5.38. The molecule has 164 valence electrons. The predicted molar refractivity (Wildman–Crippen MR) is 131 cm³/mol. The fraction of sp³-hybridized carbons (Fsp3) is 0.240. The Balaban J connectivity index is 1.62. The van der Waals surface area contributed by atoms with Gasteiger partial charge in [-0.05, 0) is 43.2 Å². The summed E-state index contributed by atoms with van der Waals surface area (Å²) in [6.45, 7) is 4.85. The highest BCUT2D eigenvalue weighted by Gasteiger charge is 2.17. The van der Waals surface area contributed by atoms with Crippen molar-refractivity contribution in [3.8, 4) is 0 Å². The Morgan fingerprint density at radius 3 is 2.53 bits per heavy atom. The van der Waals surface area contributed by atoms with Crippen molar-refractivity contribution in [1.29, 1.82) is 0 Å². The number of aromatic nitrogens is 3. The molecule has 2 amide bonds. The van der Waals surface area contributed by atoms with Crippen LogP contribution in [0.3, 0.4) is 0 Å². The van der Waals surface area contributed by atoms with E-state index in [1.165, 1.54) is 5.56 Å². The summed E-state index contributed by atoms with van der Waals surface area (Å²) in [6.07, 6.45) is 4.75. The van der Waals surface area contributed by atoms with E-state index in [0.717, 1.165) is 41.8 Å². The number of pyridine rings is 1. The number of nitrogens with one attached hydrogen (secondary N) is 2. The van der Waals surface area contributed by atoms with Crippen LogP contribution in [0.15, 0.2) is 60.8 Å². The smallest absolute Gasteiger partial charge is 0.308 e. The zero-order valence-corrected chi connectivity index (χ0v) is 19.0. The molecule has 2 heterocycles. The number of hydrogen-bond acceptors (Lipinski definition) is 3. The molecular formula is C25H26ClN5O. The van der Waals surface area contributed by atoms with Gasteiger partial charge in [0.2, 0.25) is 0 Å². The first-order valence-electron chi connectivity index (χ1n) is 10.8. The summed E-state index contributed by atoms with van der Waals surface area (Å²) < 4.78 is 2.19. The van der Waals surface area contributed by atoms with E-state index < -0.39 is 0 Å². The van der Waals surface area contributed by atoms with E-state index in [4.69, 9.17) is 16.6 Å². The number of benzene rings is 2. The SMILES string of the molecule is CCCCc1nc2c(C)c(NC(=O)Nc3ccc(Cl)cc3)cnc2n1Cc1ccccc1. The minimum Gasteiger partial charge on any atom is -0.308 e. The Morgan fingerprint density at radius 1 is 1.06 bits per heavy atom. The van der Waals surface area contributed by atoms with Crippen molar-refractivity contribution in [2.75, 3.05) is 10.6 Å². The van der Waals surface area contributed by atoms with Crippen LogP contribution in [0.2, 0.25) is 5.02 Å². The molecule has 32 heavy (non-hydrogen) atoms. The molecule has 0 radical (unpaired) electrons. The third-order valence-corrected chi connectivity index (χ3v) is 5.63. The molecule has 0 unspecified atom stereocenters. The van der Waals surface area contributed by atoms with E-state index in [-0.39, 0.29) is 6.03 Å². The summed E-state index contributed by atoms with van der Waals surface area (Å²) in [4.78, 5) is 22.1. The molecule has 7 heteroatoms. The summed E-state index contributed by atoms with van der Waals surface area (Å²) >= 11 is 5.91. The molecule has 4 rings (SSSR count). The Bertz CT molecular complexity index is 1220. The lowest BCUT2D eigenvalue weighted by atomic mass is 10.2. The van der Waals surface area contributed by atoms with E-state index in [0.29, 0.717) is 22.9 Å². The molecule has 0 saturated carbocycles. The average molecular weight is 448 g/mol. The standard InChI is InChI=1S/C25H26ClN5O/c1-3-4-10-22-30-23-17(2)21(29-25(32)28-20-13-11-19(26)12-14-20)15-27-24(23)31(22)16-18-8-6-5-7-9-18/h5-9,11-15H,3-4,10,16H2,1-2H3,(H2,28,29,32). The van der Waals surface area contributed by atoms with Gasteiger partial charge < -0.3 is 15.2 Å². The first-order chi connectivity index (χ1) is 15.5. The molecule has 0 saturated heterocycles. The lowest BCUT2D eigenvalue weighted by molar-refractivity contribution is 0.262. The van der Waals surface area contributed by atoms with Crippen molar-refractivity contribution in [1.82, 2.24) is 14.5 Å². The number of fused-ring (bicyclic) bond motifs is 1. The lowest BCUT2D eigenvalue weighted by Crippen LogP contribution is -2.20. The molecule has 0 aliphatic carbocycles. The van der Waals surface area contributed by atoms with Crippen LogP contribution in [-0.4, -0.2) is 20.6 Å². The number of rotatable bonds is 7. The molecule has 0 aliphatic heterocycles. The highest BCUT2D eigenvalue weighted by atomic mass is 35.5. The van der Waals surface area contributed by atoms with Gasteiger partial charge in [0.25, 0.3) is 0 Å². The van der Waals surface area contributed by atoms with Crippen molar-refractivity contribution < 1.29 is 4.79 Å². The zero-order valence-electron chi connectivity index (χ0n) is 18.2. The number of halogens is 1. The number of anilines is 2. The van der Waals surface area contributed by atoms with E-state index >= 15 is 0 Å². The fourth-order valence-corrected chi connectivity index (χ4v) is 3.75. The number of hydrogen-bond donors (Lipinski definition) is 2. The third kappa shape index (κ3) is 4.92. The van der Waals surface area contributed by atoms with Gasteiger partial charge in [-0.1, -0.05) is 55.3 Å². The first kappa shape index (κ1) is 21.8. The molecule has 6 nitrogen and oxygen atoms in total. The van der Waals surface area contributed by atoms with E-state index in [2.05, 4.69) is 39.2 Å². The molecule has 0 spiro atoms.